The van der Waals surface area contributed by atoms with E-state index in [1.165, 1.54) is 12.1 Å². The van der Waals surface area contributed by atoms with E-state index >= 15 is 0 Å². The van der Waals surface area contributed by atoms with Crippen LogP contribution in [-0.2, 0) is 6.54 Å². The van der Waals surface area contributed by atoms with Crippen LogP contribution < -0.4 is 5.32 Å². The van der Waals surface area contributed by atoms with Crippen molar-refractivity contribution in [2.24, 2.45) is 0 Å². The first-order valence-electron chi connectivity index (χ1n) is 6.43. The molecule has 0 spiro atoms. The van der Waals surface area contributed by atoms with E-state index in [1.807, 2.05) is 0 Å². The van der Waals surface area contributed by atoms with Crippen LogP contribution in [0.5, 0.6) is 0 Å². The zero-order valence-electron chi connectivity index (χ0n) is 10.8. The van der Waals surface area contributed by atoms with Crippen LogP contribution in [0.15, 0.2) is 27.2 Å². The summed E-state index contributed by atoms with van der Waals surface area (Å²) < 4.78 is 19.2. The highest BCUT2D eigenvalue weighted by Crippen LogP contribution is 2.23. The van der Waals surface area contributed by atoms with Crippen molar-refractivity contribution in [1.82, 2.24) is 20.4 Å². The molecule has 0 saturated carbocycles. The van der Waals surface area contributed by atoms with Gasteiger partial charge in [0.25, 0.3) is 5.89 Å². The smallest absolute Gasteiger partial charge is 0.258 e. The molecule has 0 bridgehead atoms. The van der Waals surface area contributed by atoms with E-state index < -0.39 is 0 Å². The van der Waals surface area contributed by atoms with Crippen LogP contribution in [0.25, 0.3) is 11.5 Å². The van der Waals surface area contributed by atoms with Gasteiger partial charge in [-0.1, -0.05) is 21.1 Å². The van der Waals surface area contributed by atoms with Gasteiger partial charge in [-0.05, 0) is 18.2 Å². The van der Waals surface area contributed by atoms with Gasteiger partial charge in [-0.3, -0.25) is 4.90 Å². The number of nitrogens with one attached hydrogen (secondary N) is 1. The van der Waals surface area contributed by atoms with Gasteiger partial charge >= 0.3 is 0 Å². The lowest BCUT2D eigenvalue weighted by Crippen LogP contribution is -2.43. The third kappa shape index (κ3) is 3.23. The molecule has 1 aliphatic heterocycles. The molecule has 0 radical (unpaired) electrons. The summed E-state index contributed by atoms with van der Waals surface area (Å²) >= 11 is 3.25. The van der Waals surface area contributed by atoms with E-state index in [-0.39, 0.29) is 5.82 Å². The summed E-state index contributed by atoms with van der Waals surface area (Å²) in [4.78, 5) is 6.59. The molecule has 0 aliphatic carbocycles. The number of aromatic nitrogens is 2. The molecule has 106 valence electrons. The first-order valence-corrected chi connectivity index (χ1v) is 7.22. The van der Waals surface area contributed by atoms with Gasteiger partial charge in [0, 0.05) is 36.2 Å². The summed E-state index contributed by atoms with van der Waals surface area (Å²) in [7, 11) is 0. The number of piperazine rings is 1. The molecule has 1 fully saturated rings. The summed E-state index contributed by atoms with van der Waals surface area (Å²) in [5.41, 5.74) is 0.580. The van der Waals surface area contributed by atoms with Gasteiger partial charge in [0.05, 0.1) is 6.54 Å². The van der Waals surface area contributed by atoms with E-state index in [0.29, 0.717) is 28.3 Å². The molecule has 2 aromatic rings. The van der Waals surface area contributed by atoms with Crippen molar-refractivity contribution in [3.05, 3.63) is 34.3 Å². The fourth-order valence-corrected chi connectivity index (χ4v) is 2.65. The summed E-state index contributed by atoms with van der Waals surface area (Å²) in [6, 6.07) is 4.53. The largest absolute Gasteiger partial charge is 0.334 e. The Kier molecular flexibility index (Phi) is 4.09. The third-order valence-corrected chi connectivity index (χ3v) is 3.61. The Bertz CT molecular complexity index is 578. The maximum Gasteiger partial charge on any atom is 0.258 e. The minimum Gasteiger partial charge on any atom is -0.334 e. The monoisotopic (exact) mass is 340 g/mol. The van der Waals surface area contributed by atoms with Crippen molar-refractivity contribution in [2.45, 2.75) is 6.54 Å². The quantitative estimate of drug-likeness (QED) is 0.926. The maximum atomic E-state index is 13.4. The standard InChI is InChI=1S/C13H14BrFN4O/c14-10-5-9(6-11(15)7-10)13-17-12(18-20-13)8-19-3-1-16-2-4-19/h5-7,16H,1-4,8H2. The molecular weight excluding hydrogens is 327 g/mol. The molecule has 0 atom stereocenters. The van der Waals surface area contributed by atoms with E-state index in [0.717, 1.165) is 26.2 Å². The first kappa shape index (κ1) is 13.7. The highest BCUT2D eigenvalue weighted by atomic mass is 79.9. The van der Waals surface area contributed by atoms with Crippen molar-refractivity contribution in [2.75, 3.05) is 26.2 Å². The van der Waals surface area contributed by atoms with E-state index in [2.05, 4.69) is 36.3 Å². The highest BCUT2D eigenvalue weighted by Gasteiger charge is 2.15. The highest BCUT2D eigenvalue weighted by molar-refractivity contribution is 9.10. The number of benzene rings is 1. The predicted octanol–water partition coefficient (Wildman–Crippen LogP) is 2.04. The van der Waals surface area contributed by atoms with Crippen LogP contribution in [0, 0.1) is 5.82 Å². The second kappa shape index (κ2) is 5.99. The number of hydrogen-bond donors (Lipinski definition) is 1. The van der Waals surface area contributed by atoms with Crippen LogP contribution in [0.3, 0.4) is 0 Å². The number of nitrogens with zero attached hydrogens (tertiary/aromatic N) is 3. The zero-order valence-corrected chi connectivity index (χ0v) is 12.4. The molecule has 0 amide bonds. The summed E-state index contributed by atoms with van der Waals surface area (Å²) in [6.07, 6.45) is 0. The first-order chi connectivity index (χ1) is 9.70. The van der Waals surface area contributed by atoms with Gasteiger partial charge in [-0.15, -0.1) is 0 Å². The Hall–Kier alpha value is -1.31. The SMILES string of the molecule is Fc1cc(Br)cc(-c2nc(CN3CCNCC3)no2)c1. The second-order valence-corrected chi connectivity index (χ2v) is 5.62. The molecule has 3 rings (SSSR count). The summed E-state index contributed by atoms with van der Waals surface area (Å²) in [6.45, 7) is 4.54. The zero-order chi connectivity index (χ0) is 13.9. The van der Waals surface area contributed by atoms with Gasteiger partial charge < -0.3 is 9.84 Å². The molecule has 7 heteroatoms. The fraction of sp³-hybridized carbons (Fsp3) is 0.385. The van der Waals surface area contributed by atoms with Gasteiger partial charge in [0.2, 0.25) is 0 Å². The molecule has 5 nitrogen and oxygen atoms in total. The molecule has 20 heavy (non-hydrogen) atoms. The average Bonchev–Trinajstić information content (AvgIpc) is 2.87. The second-order valence-electron chi connectivity index (χ2n) is 4.70. The van der Waals surface area contributed by atoms with Gasteiger partial charge in [0.15, 0.2) is 5.82 Å². The van der Waals surface area contributed by atoms with Gasteiger partial charge in [-0.25, -0.2) is 4.39 Å². The Labute approximate surface area is 124 Å². The number of halogens is 2. The van der Waals surface area contributed by atoms with E-state index in [9.17, 15) is 4.39 Å². The van der Waals surface area contributed by atoms with Crippen molar-refractivity contribution in [1.29, 1.82) is 0 Å². The Morgan fingerprint density at radius 3 is 2.85 bits per heavy atom. The maximum absolute atomic E-state index is 13.4. The molecule has 1 saturated heterocycles. The van der Waals surface area contributed by atoms with Crippen molar-refractivity contribution in [3.8, 4) is 11.5 Å². The van der Waals surface area contributed by atoms with E-state index in [1.54, 1.807) is 6.07 Å². The fourth-order valence-electron chi connectivity index (χ4n) is 2.18. The van der Waals surface area contributed by atoms with Gasteiger partial charge in [-0.2, -0.15) is 4.98 Å². The normalized spacial score (nSPS) is 16.5. The summed E-state index contributed by atoms with van der Waals surface area (Å²) in [5, 5.41) is 7.25. The average molecular weight is 341 g/mol. The predicted molar refractivity (Wildman–Crippen MR) is 75.5 cm³/mol. The minimum atomic E-state index is -0.337. The van der Waals surface area contributed by atoms with Crippen LogP contribution >= 0.6 is 15.9 Å². The molecule has 1 N–H and O–H groups in total. The van der Waals surface area contributed by atoms with Crippen molar-refractivity contribution >= 4 is 15.9 Å². The Morgan fingerprint density at radius 1 is 1.30 bits per heavy atom. The van der Waals surface area contributed by atoms with Crippen molar-refractivity contribution < 1.29 is 8.91 Å². The minimum absolute atomic E-state index is 0.337. The Morgan fingerprint density at radius 2 is 2.10 bits per heavy atom. The van der Waals surface area contributed by atoms with Gasteiger partial charge in [0.1, 0.15) is 5.82 Å². The Balaban J connectivity index is 1.75. The molecule has 2 heterocycles. The number of hydrogen-bond acceptors (Lipinski definition) is 5. The van der Waals surface area contributed by atoms with Crippen LogP contribution in [0.4, 0.5) is 4.39 Å². The third-order valence-electron chi connectivity index (χ3n) is 3.15. The van der Waals surface area contributed by atoms with Crippen molar-refractivity contribution in [3.63, 3.8) is 0 Å². The van der Waals surface area contributed by atoms with E-state index in [4.69, 9.17) is 4.52 Å². The summed E-state index contributed by atoms with van der Waals surface area (Å²) in [5.74, 6) is 0.633. The van der Waals surface area contributed by atoms with Crippen LogP contribution in [0.1, 0.15) is 5.82 Å². The molecule has 1 aromatic carbocycles. The van der Waals surface area contributed by atoms with Crippen LogP contribution in [-0.4, -0.2) is 41.2 Å². The lowest BCUT2D eigenvalue weighted by Gasteiger charge is -2.25. The molecule has 0 unspecified atom stereocenters. The lowest BCUT2D eigenvalue weighted by atomic mass is 10.2. The molecular formula is C13H14BrFN4O. The molecule has 1 aliphatic rings. The topological polar surface area (TPSA) is 54.2 Å². The van der Waals surface area contributed by atoms with Crippen LogP contribution in [0.2, 0.25) is 0 Å². The lowest BCUT2D eigenvalue weighted by molar-refractivity contribution is 0.225. The number of rotatable bonds is 3. The molecule has 1 aromatic heterocycles.